The SMILES string of the molecule is C=CCOc1ccc(CN2CCC(C(O)(c3ccc(OC(F)(F)F)cc3)c3ccc(OC(F)(F)F)cc3)CC2)cc1. The third kappa shape index (κ3) is 8.17. The molecule has 11 heteroatoms. The molecule has 0 unspecified atom stereocenters. The first-order chi connectivity index (χ1) is 19.4. The molecule has 0 bridgehead atoms. The van der Waals surface area contributed by atoms with Gasteiger partial charge in [0.05, 0.1) is 0 Å². The van der Waals surface area contributed by atoms with Crippen molar-refractivity contribution in [3.8, 4) is 17.2 Å². The Morgan fingerprint density at radius 2 is 1.17 bits per heavy atom. The first kappa shape index (κ1) is 30.3. The Labute approximate surface area is 233 Å². The molecule has 1 aliphatic heterocycles. The van der Waals surface area contributed by atoms with Crippen LogP contribution in [0.4, 0.5) is 26.3 Å². The lowest BCUT2D eigenvalue weighted by molar-refractivity contribution is -0.275. The Hall–Kier alpha value is -3.70. The summed E-state index contributed by atoms with van der Waals surface area (Å²) in [5.41, 5.74) is -0.0238. The van der Waals surface area contributed by atoms with Gasteiger partial charge in [0, 0.05) is 6.54 Å². The average Bonchev–Trinajstić information content (AvgIpc) is 2.92. The molecule has 1 aliphatic rings. The van der Waals surface area contributed by atoms with Gasteiger partial charge in [-0.25, -0.2) is 0 Å². The standard InChI is InChI=1S/C30H29F6NO4/c1-2-19-39-25-9-3-21(4-10-25)20-37-17-15-24(16-18-37)28(38,22-5-11-26(12-6-22)40-29(31,32)33)23-7-13-27(14-8-23)41-30(34,35)36/h2-14,24,38H,1,15-20H2. The van der Waals surface area contributed by atoms with Crippen LogP contribution >= 0.6 is 0 Å². The summed E-state index contributed by atoms with van der Waals surface area (Å²) >= 11 is 0. The van der Waals surface area contributed by atoms with Gasteiger partial charge in [0.1, 0.15) is 29.5 Å². The second kappa shape index (κ2) is 12.4. The molecule has 1 N–H and O–H groups in total. The largest absolute Gasteiger partial charge is 0.573 e. The maximum Gasteiger partial charge on any atom is 0.573 e. The lowest BCUT2D eigenvalue weighted by Crippen LogP contribution is -2.44. The Bertz CT molecular complexity index is 1210. The molecule has 0 aromatic heterocycles. The van der Waals surface area contributed by atoms with Crippen LogP contribution < -0.4 is 14.2 Å². The van der Waals surface area contributed by atoms with Crippen molar-refractivity contribution in [2.45, 2.75) is 37.7 Å². The number of piperidine rings is 1. The van der Waals surface area contributed by atoms with Crippen molar-refractivity contribution in [1.82, 2.24) is 4.90 Å². The minimum absolute atomic E-state index is 0.296. The fourth-order valence-corrected chi connectivity index (χ4v) is 5.07. The van der Waals surface area contributed by atoms with E-state index in [0.29, 0.717) is 50.2 Å². The van der Waals surface area contributed by atoms with Crippen LogP contribution in [0.25, 0.3) is 0 Å². The Kier molecular flexibility index (Phi) is 9.18. The number of alkyl halides is 6. The molecular weight excluding hydrogens is 552 g/mol. The molecule has 41 heavy (non-hydrogen) atoms. The highest BCUT2D eigenvalue weighted by molar-refractivity contribution is 5.42. The molecular formula is C30H29F6NO4. The lowest BCUT2D eigenvalue weighted by atomic mass is 9.72. The molecule has 0 saturated carbocycles. The summed E-state index contributed by atoms with van der Waals surface area (Å²) in [5.74, 6) is -0.547. The van der Waals surface area contributed by atoms with E-state index < -0.39 is 29.8 Å². The van der Waals surface area contributed by atoms with Crippen LogP contribution in [0.2, 0.25) is 0 Å². The first-order valence-electron chi connectivity index (χ1n) is 12.9. The summed E-state index contributed by atoms with van der Waals surface area (Å²) in [6.07, 6.45) is -7.04. The number of hydrogen-bond donors (Lipinski definition) is 1. The summed E-state index contributed by atoms with van der Waals surface area (Å²) in [6.45, 7) is 5.93. The summed E-state index contributed by atoms with van der Waals surface area (Å²) in [4.78, 5) is 2.22. The van der Waals surface area contributed by atoms with Gasteiger partial charge in [-0.2, -0.15) is 0 Å². The Balaban J connectivity index is 1.53. The highest BCUT2D eigenvalue weighted by atomic mass is 19.4. The third-order valence-corrected chi connectivity index (χ3v) is 6.93. The quantitative estimate of drug-likeness (QED) is 0.203. The molecule has 0 spiro atoms. The number of hydrogen-bond acceptors (Lipinski definition) is 5. The van der Waals surface area contributed by atoms with Gasteiger partial charge < -0.3 is 19.3 Å². The number of ether oxygens (including phenoxy) is 3. The Morgan fingerprint density at radius 3 is 1.59 bits per heavy atom. The van der Waals surface area contributed by atoms with Gasteiger partial charge in [-0.15, -0.1) is 26.3 Å². The van der Waals surface area contributed by atoms with Gasteiger partial charge in [-0.3, -0.25) is 4.90 Å². The lowest BCUT2D eigenvalue weighted by Gasteiger charge is -2.42. The molecule has 3 aromatic carbocycles. The zero-order valence-corrected chi connectivity index (χ0v) is 21.9. The van der Waals surface area contributed by atoms with Crippen LogP contribution in [0.1, 0.15) is 29.5 Å². The maximum absolute atomic E-state index is 12.7. The number of benzene rings is 3. The van der Waals surface area contributed by atoms with E-state index in [-0.39, 0.29) is 5.92 Å². The highest BCUT2D eigenvalue weighted by Gasteiger charge is 2.42. The summed E-state index contributed by atoms with van der Waals surface area (Å²) in [7, 11) is 0. The minimum atomic E-state index is -4.88. The van der Waals surface area contributed by atoms with Crippen LogP contribution in [0, 0.1) is 5.92 Å². The number of nitrogens with zero attached hydrogens (tertiary/aromatic N) is 1. The van der Waals surface area contributed by atoms with Gasteiger partial charge in [0.25, 0.3) is 0 Å². The first-order valence-corrected chi connectivity index (χ1v) is 12.9. The molecule has 0 aliphatic carbocycles. The highest BCUT2D eigenvalue weighted by Crippen LogP contribution is 2.43. The van der Waals surface area contributed by atoms with Gasteiger partial charge >= 0.3 is 12.7 Å². The average molecular weight is 582 g/mol. The smallest absolute Gasteiger partial charge is 0.490 e. The van der Waals surface area contributed by atoms with E-state index in [2.05, 4.69) is 21.0 Å². The number of rotatable bonds is 10. The van der Waals surface area contributed by atoms with Crippen molar-refractivity contribution in [2.24, 2.45) is 5.92 Å². The van der Waals surface area contributed by atoms with E-state index in [4.69, 9.17) is 4.74 Å². The minimum Gasteiger partial charge on any atom is -0.490 e. The van der Waals surface area contributed by atoms with Crippen LogP contribution in [0.15, 0.2) is 85.5 Å². The van der Waals surface area contributed by atoms with Gasteiger partial charge in [0.15, 0.2) is 0 Å². The summed E-state index contributed by atoms with van der Waals surface area (Å²) in [5, 5.41) is 12.1. The third-order valence-electron chi connectivity index (χ3n) is 6.93. The van der Waals surface area contributed by atoms with Crippen LogP contribution in [0.3, 0.4) is 0 Å². The zero-order chi connectivity index (χ0) is 29.7. The van der Waals surface area contributed by atoms with E-state index in [1.54, 1.807) is 6.08 Å². The van der Waals surface area contributed by atoms with Crippen molar-refractivity contribution in [1.29, 1.82) is 0 Å². The van der Waals surface area contributed by atoms with Crippen LogP contribution in [-0.2, 0) is 12.1 Å². The fraction of sp³-hybridized carbons (Fsp3) is 0.333. The molecule has 5 nitrogen and oxygen atoms in total. The molecule has 0 radical (unpaired) electrons. The van der Waals surface area contributed by atoms with E-state index in [0.717, 1.165) is 35.6 Å². The maximum atomic E-state index is 12.7. The van der Waals surface area contributed by atoms with E-state index in [1.165, 1.54) is 24.3 Å². The number of halogens is 6. The van der Waals surface area contributed by atoms with Crippen molar-refractivity contribution in [2.75, 3.05) is 19.7 Å². The predicted octanol–water partition coefficient (Wildman–Crippen LogP) is 7.20. The molecule has 220 valence electrons. The summed E-state index contributed by atoms with van der Waals surface area (Å²) in [6, 6.07) is 17.5. The van der Waals surface area contributed by atoms with Crippen molar-refractivity contribution in [3.63, 3.8) is 0 Å². The van der Waals surface area contributed by atoms with Crippen molar-refractivity contribution < 1.29 is 45.7 Å². The molecule has 4 rings (SSSR count). The Morgan fingerprint density at radius 1 is 0.732 bits per heavy atom. The van der Waals surface area contributed by atoms with Crippen LogP contribution in [0.5, 0.6) is 17.2 Å². The molecule has 0 amide bonds. The van der Waals surface area contributed by atoms with Crippen molar-refractivity contribution in [3.05, 3.63) is 102 Å². The van der Waals surface area contributed by atoms with E-state index in [1.807, 2.05) is 24.3 Å². The van der Waals surface area contributed by atoms with E-state index in [9.17, 15) is 31.4 Å². The van der Waals surface area contributed by atoms with Crippen LogP contribution in [-0.4, -0.2) is 42.4 Å². The number of aliphatic hydroxyl groups is 1. The molecule has 1 heterocycles. The van der Waals surface area contributed by atoms with Crippen molar-refractivity contribution >= 4 is 0 Å². The van der Waals surface area contributed by atoms with Gasteiger partial charge in [-0.05, 0) is 84.9 Å². The fourth-order valence-electron chi connectivity index (χ4n) is 5.07. The van der Waals surface area contributed by atoms with E-state index >= 15 is 0 Å². The monoisotopic (exact) mass is 581 g/mol. The molecule has 1 saturated heterocycles. The molecule has 3 aromatic rings. The molecule has 0 atom stereocenters. The zero-order valence-electron chi connectivity index (χ0n) is 21.9. The van der Waals surface area contributed by atoms with Gasteiger partial charge in [0.2, 0.25) is 0 Å². The second-order valence-corrected chi connectivity index (χ2v) is 9.70. The predicted molar refractivity (Wildman–Crippen MR) is 139 cm³/mol. The number of likely N-dealkylation sites (tertiary alicyclic amines) is 1. The topological polar surface area (TPSA) is 51.2 Å². The van der Waals surface area contributed by atoms with Gasteiger partial charge in [-0.1, -0.05) is 49.1 Å². The normalized spacial score (nSPS) is 15.4. The summed E-state index contributed by atoms with van der Waals surface area (Å²) < 4.78 is 89.5. The second-order valence-electron chi connectivity index (χ2n) is 9.70. The molecule has 1 fully saturated rings.